The number of carboxylic acids is 1. The molecule has 1 heterocycles. The normalized spacial score (nSPS) is 14.3. The quantitative estimate of drug-likeness (QED) is 0.841. The zero-order valence-electron chi connectivity index (χ0n) is 11.2. The molecule has 20 heavy (non-hydrogen) atoms. The van der Waals surface area contributed by atoms with Crippen LogP contribution in [0.4, 0.5) is 0 Å². The third-order valence-electron chi connectivity index (χ3n) is 3.10. The summed E-state index contributed by atoms with van der Waals surface area (Å²) in [5, 5.41) is 8.84. The Morgan fingerprint density at radius 1 is 1.35 bits per heavy atom. The predicted molar refractivity (Wildman–Crippen MR) is 71.5 cm³/mol. The van der Waals surface area contributed by atoms with Gasteiger partial charge in [-0.3, -0.25) is 4.79 Å². The number of aliphatic carboxylic acids is 1. The molecule has 1 atom stereocenters. The largest absolute Gasteiger partial charge is 0.480 e. The van der Waals surface area contributed by atoms with Gasteiger partial charge in [-0.15, -0.1) is 0 Å². The van der Waals surface area contributed by atoms with E-state index in [9.17, 15) is 9.59 Å². The highest BCUT2D eigenvalue weighted by molar-refractivity contribution is 5.94. The fraction of sp³-hybridized carbons (Fsp3) is 0.286. The molecule has 6 nitrogen and oxygen atoms in total. The predicted octanol–water partition coefficient (Wildman–Crippen LogP) is 1.36. The van der Waals surface area contributed by atoms with Gasteiger partial charge in [0.15, 0.2) is 11.5 Å². The maximum absolute atomic E-state index is 11.8. The molecule has 1 aliphatic heterocycles. The van der Waals surface area contributed by atoms with Gasteiger partial charge in [0.2, 0.25) is 12.7 Å². The molecule has 0 bridgehead atoms. The van der Waals surface area contributed by atoms with Gasteiger partial charge in [0, 0.05) is 13.1 Å². The maximum atomic E-state index is 11.8. The van der Waals surface area contributed by atoms with Crippen molar-refractivity contribution in [2.75, 3.05) is 13.8 Å². The number of hydrogen-bond acceptors (Lipinski definition) is 4. The van der Waals surface area contributed by atoms with E-state index in [1.54, 1.807) is 24.3 Å². The molecule has 6 heteroatoms. The first-order chi connectivity index (χ1) is 9.49. The van der Waals surface area contributed by atoms with E-state index in [0.717, 1.165) is 10.5 Å². The molecule has 1 amide bonds. The second kappa shape index (κ2) is 5.64. The van der Waals surface area contributed by atoms with Gasteiger partial charge in [-0.2, -0.15) is 0 Å². The van der Waals surface area contributed by atoms with Gasteiger partial charge >= 0.3 is 5.97 Å². The van der Waals surface area contributed by atoms with Crippen LogP contribution in [0.15, 0.2) is 24.3 Å². The van der Waals surface area contributed by atoms with Crippen LogP contribution < -0.4 is 9.47 Å². The minimum atomic E-state index is -1.04. The summed E-state index contributed by atoms with van der Waals surface area (Å²) in [4.78, 5) is 23.8. The second-order valence-electron chi connectivity index (χ2n) is 4.41. The average Bonchev–Trinajstić information content (AvgIpc) is 2.90. The number of carboxylic acid groups (broad SMARTS) is 1. The van der Waals surface area contributed by atoms with Crippen LogP contribution in [0.3, 0.4) is 0 Å². The van der Waals surface area contributed by atoms with Crippen molar-refractivity contribution in [2.45, 2.75) is 13.0 Å². The summed E-state index contributed by atoms with van der Waals surface area (Å²) in [5.74, 6) is -0.119. The van der Waals surface area contributed by atoms with Crippen LogP contribution in [-0.2, 0) is 9.59 Å². The summed E-state index contributed by atoms with van der Waals surface area (Å²) in [6.07, 6.45) is 2.94. The average molecular weight is 277 g/mol. The molecule has 0 radical (unpaired) electrons. The first-order valence-corrected chi connectivity index (χ1v) is 6.06. The fourth-order valence-electron chi connectivity index (χ4n) is 1.66. The molecule has 106 valence electrons. The molecular weight excluding hydrogens is 262 g/mol. The van der Waals surface area contributed by atoms with E-state index in [0.29, 0.717) is 11.5 Å². The Hall–Kier alpha value is -2.50. The number of carbonyl (C=O) groups excluding carboxylic acids is 1. The lowest BCUT2D eigenvalue weighted by Gasteiger charge is -2.19. The number of ether oxygens (including phenoxy) is 2. The highest BCUT2D eigenvalue weighted by atomic mass is 16.7. The number of benzene rings is 1. The zero-order chi connectivity index (χ0) is 14.7. The summed E-state index contributed by atoms with van der Waals surface area (Å²) in [6, 6.07) is 4.43. The van der Waals surface area contributed by atoms with Crippen LogP contribution in [0.5, 0.6) is 11.5 Å². The molecule has 0 aromatic heterocycles. The molecule has 1 aliphatic rings. The van der Waals surface area contributed by atoms with E-state index in [1.165, 1.54) is 20.0 Å². The second-order valence-corrected chi connectivity index (χ2v) is 4.41. The minimum Gasteiger partial charge on any atom is -0.480 e. The Labute approximate surface area is 116 Å². The number of hydrogen-bond donors (Lipinski definition) is 1. The molecule has 1 aromatic carbocycles. The topological polar surface area (TPSA) is 76.1 Å². The third-order valence-corrected chi connectivity index (χ3v) is 3.10. The molecule has 0 saturated carbocycles. The van der Waals surface area contributed by atoms with Crippen molar-refractivity contribution < 1.29 is 24.2 Å². The number of carbonyl (C=O) groups is 2. The summed E-state index contributed by atoms with van der Waals surface area (Å²) in [7, 11) is 1.45. The molecule has 1 aromatic rings. The van der Waals surface area contributed by atoms with E-state index in [1.807, 2.05) is 0 Å². The number of nitrogens with zero attached hydrogens (tertiary/aromatic N) is 1. The van der Waals surface area contributed by atoms with Gasteiger partial charge in [-0.05, 0) is 30.7 Å². The van der Waals surface area contributed by atoms with Crippen LogP contribution in [0.25, 0.3) is 6.08 Å². The van der Waals surface area contributed by atoms with Gasteiger partial charge in [-0.1, -0.05) is 6.07 Å². The number of rotatable bonds is 4. The van der Waals surface area contributed by atoms with Crippen molar-refractivity contribution in [1.29, 1.82) is 0 Å². The van der Waals surface area contributed by atoms with Gasteiger partial charge < -0.3 is 19.5 Å². The summed E-state index contributed by atoms with van der Waals surface area (Å²) in [6.45, 7) is 1.65. The molecule has 0 saturated heterocycles. The Balaban J connectivity index is 2.05. The molecule has 0 aliphatic carbocycles. The highest BCUT2D eigenvalue weighted by Crippen LogP contribution is 2.32. The van der Waals surface area contributed by atoms with E-state index >= 15 is 0 Å². The van der Waals surface area contributed by atoms with Gasteiger partial charge in [-0.25, -0.2) is 4.79 Å². The number of likely N-dealkylation sites (N-methyl/N-ethyl adjacent to an activating group) is 1. The Morgan fingerprint density at radius 3 is 2.75 bits per heavy atom. The van der Waals surface area contributed by atoms with Crippen LogP contribution in [0.2, 0.25) is 0 Å². The van der Waals surface area contributed by atoms with Crippen molar-refractivity contribution in [3.8, 4) is 11.5 Å². The maximum Gasteiger partial charge on any atom is 0.326 e. The molecular formula is C14H15NO5. The summed E-state index contributed by atoms with van der Waals surface area (Å²) < 4.78 is 10.4. The molecule has 0 fully saturated rings. The standard InChI is InChI=1S/C14H15NO5/c1-9(14(17)18)15(2)13(16)6-4-10-3-5-11-12(7-10)20-8-19-11/h3-7,9H,8H2,1-2H3,(H,17,18). The van der Waals surface area contributed by atoms with Gasteiger partial charge in [0.1, 0.15) is 6.04 Å². The monoisotopic (exact) mass is 277 g/mol. The molecule has 2 rings (SSSR count). The van der Waals surface area contributed by atoms with Crippen molar-refractivity contribution in [3.63, 3.8) is 0 Å². The van der Waals surface area contributed by atoms with Crippen molar-refractivity contribution >= 4 is 18.0 Å². The van der Waals surface area contributed by atoms with Crippen LogP contribution >= 0.6 is 0 Å². The van der Waals surface area contributed by atoms with E-state index < -0.39 is 12.0 Å². The SMILES string of the molecule is CC(C(=O)O)N(C)C(=O)C=Cc1ccc2c(c1)OCO2. The van der Waals surface area contributed by atoms with E-state index in [2.05, 4.69) is 0 Å². The Kier molecular flexibility index (Phi) is 3.93. The van der Waals surface area contributed by atoms with Crippen LogP contribution in [0.1, 0.15) is 12.5 Å². The Bertz CT molecular complexity index is 567. The van der Waals surface area contributed by atoms with Crippen LogP contribution in [-0.4, -0.2) is 41.8 Å². The lowest BCUT2D eigenvalue weighted by molar-refractivity contribution is -0.146. The summed E-state index contributed by atoms with van der Waals surface area (Å²) in [5.41, 5.74) is 0.777. The minimum absolute atomic E-state index is 0.195. The van der Waals surface area contributed by atoms with Gasteiger partial charge in [0.05, 0.1) is 0 Å². The molecule has 1 N–H and O–H groups in total. The van der Waals surface area contributed by atoms with Gasteiger partial charge in [0.25, 0.3) is 0 Å². The smallest absolute Gasteiger partial charge is 0.326 e. The van der Waals surface area contributed by atoms with E-state index in [4.69, 9.17) is 14.6 Å². The highest BCUT2D eigenvalue weighted by Gasteiger charge is 2.19. The number of amides is 1. The molecule has 1 unspecified atom stereocenters. The zero-order valence-corrected chi connectivity index (χ0v) is 11.2. The summed E-state index contributed by atoms with van der Waals surface area (Å²) >= 11 is 0. The molecule has 0 spiro atoms. The van der Waals surface area contributed by atoms with Crippen molar-refractivity contribution in [2.24, 2.45) is 0 Å². The first-order valence-electron chi connectivity index (χ1n) is 6.06. The van der Waals surface area contributed by atoms with Crippen LogP contribution in [0, 0.1) is 0 Å². The first kappa shape index (κ1) is 13.9. The van der Waals surface area contributed by atoms with Crippen molar-refractivity contribution in [3.05, 3.63) is 29.8 Å². The third kappa shape index (κ3) is 2.90. The van der Waals surface area contributed by atoms with Crippen molar-refractivity contribution in [1.82, 2.24) is 4.90 Å². The number of fused-ring (bicyclic) bond motifs is 1. The fourth-order valence-corrected chi connectivity index (χ4v) is 1.66. The van der Waals surface area contributed by atoms with E-state index in [-0.39, 0.29) is 12.7 Å². The lowest BCUT2D eigenvalue weighted by Crippen LogP contribution is -2.39. The lowest BCUT2D eigenvalue weighted by atomic mass is 10.2. The Morgan fingerprint density at radius 2 is 2.05 bits per heavy atom.